The topological polar surface area (TPSA) is 66.5 Å². The molecule has 3 heterocycles. The summed E-state index contributed by atoms with van der Waals surface area (Å²) in [5.41, 5.74) is 2.45. The standard InChI is InChI=1S/C33H22Cl2N2O3/c34-21-14-15-23(25(35)18-21)30(39)28-27(29(38)20-9-2-1-3-10-20)33(24-12-6-7-13-26(24)36-32(33)40)31-22-11-5-4-8-19(22)16-17-37(28)31/h1-18,27-28,31H,(H,36,40)/t27-,28-,31-,33-/m1/s1. The molecule has 3 aliphatic rings. The molecule has 4 aromatic rings. The number of carbonyl (C=O) groups is 3. The Morgan fingerprint density at radius 1 is 0.825 bits per heavy atom. The highest BCUT2D eigenvalue weighted by Gasteiger charge is 2.70. The fourth-order valence-electron chi connectivity index (χ4n) is 6.80. The highest BCUT2D eigenvalue weighted by Crippen LogP contribution is 2.62. The van der Waals surface area contributed by atoms with Gasteiger partial charge in [-0.1, -0.05) is 96.0 Å². The minimum absolute atomic E-state index is 0.193. The number of nitrogens with one attached hydrogen (secondary N) is 1. The van der Waals surface area contributed by atoms with Crippen molar-refractivity contribution in [1.82, 2.24) is 4.90 Å². The van der Waals surface area contributed by atoms with Gasteiger partial charge in [0.05, 0.1) is 17.0 Å². The summed E-state index contributed by atoms with van der Waals surface area (Å²) in [5, 5.41) is 3.64. The molecule has 0 saturated carbocycles. The van der Waals surface area contributed by atoms with Gasteiger partial charge in [-0.2, -0.15) is 0 Å². The lowest BCUT2D eigenvalue weighted by Gasteiger charge is -2.38. The minimum Gasteiger partial charge on any atom is -0.358 e. The van der Waals surface area contributed by atoms with Gasteiger partial charge < -0.3 is 10.2 Å². The second-order valence-electron chi connectivity index (χ2n) is 10.3. The molecule has 4 atom stereocenters. The van der Waals surface area contributed by atoms with Gasteiger partial charge in [0.25, 0.3) is 0 Å². The Bertz CT molecular complexity index is 1750. The van der Waals surface area contributed by atoms with Crippen LogP contribution in [-0.4, -0.2) is 28.4 Å². The molecule has 0 aliphatic carbocycles. The molecule has 1 fully saturated rings. The second kappa shape index (κ2) is 9.19. The summed E-state index contributed by atoms with van der Waals surface area (Å²) in [7, 11) is 0. The number of Topliss-reactive ketones (excluding diaryl/α,β-unsaturated/α-hetero) is 2. The van der Waals surface area contributed by atoms with Crippen LogP contribution >= 0.6 is 23.2 Å². The van der Waals surface area contributed by atoms with Crippen LogP contribution in [0.1, 0.15) is 43.4 Å². The largest absolute Gasteiger partial charge is 0.358 e. The van der Waals surface area contributed by atoms with Gasteiger partial charge in [-0.3, -0.25) is 14.4 Å². The number of amides is 1. The van der Waals surface area contributed by atoms with Crippen LogP contribution in [-0.2, 0) is 10.2 Å². The van der Waals surface area contributed by atoms with Gasteiger partial charge in [-0.25, -0.2) is 0 Å². The van der Waals surface area contributed by atoms with Crippen molar-refractivity contribution < 1.29 is 14.4 Å². The van der Waals surface area contributed by atoms with E-state index in [9.17, 15) is 14.4 Å². The second-order valence-corrected chi connectivity index (χ2v) is 11.1. The third kappa shape index (κ3) is 3.38. The van der Waals surface area contributed by atoms with Gasteiger partial charge in [0.1, 0.15) is 11.5 Å². The molecule has 196 valence electrons. The molecule has 40 heavy (non-hydrogen) atoms. The van der Waals surface area contributed by atoms with Gasteiger partial charge >= 0.3 is 0 Å². The Kier molecular flexibility index (Phi) is 5.70. The van der Waals surface area contributed by atoms with Crippen molar-refractivity contribution in [1.29, 1.82) is 0 Å². The summed E-state index contributed by atoms with van der Waals surface area (Å²) in [6.45, 7) is 0. The Morgan fingerprint density at radius 2 is 1.55 bits per heavy atom. The summed E-state index contributed by atoms with van der Waals surface area (Å²) >= 11 is 12.7. The highest BCUT2D eigenvalue weighted by molar-refractivity contribution is 6.37. The quantitative estimate of drug-likeness (QED) is 0.272. The van der Waals surface area contributed by atoms with Crippen LogP contribution < -0.4 is 5.32 Å². The van der Waals surface area contributed by atoms with E-state index in [4.69, 9.17) is 23.2 Å². The number of fused-ring (bicyclic) bond motifs is 6. The molecule has 1 N–H and O–H groups in total. The Balaban J connectivity index is 1.55. The van der Waals surface area contributed by atoms with Crippen molar-refractivity contribution in [2.75, 3.05) is 5.32 Å². The molecule has 4 aromatic carbocycles. The molecule has 0 aromatic heterocycles. The maximum Gasteiger partial charge on any atom is 0.238 e. The van der Waals surface area contributed by atoms with E-state index < -0.39 is 23.4 Å². The van der Waals surface area contributed by atoms with E-state index in [0.717, 1.165) is 11.1 Å². The van der Waals surface area contributed by atoms with Gasteiger partial charge in [0.2, 0.25) is 5.91 Å². The summed E-state index contributed by atoms with van der Waals surface area (Å²) in [4.78, 5) is 45.5. The Morgan fingerprint density at radius 3 is 2.35 bits per heavy atom. The maximum atomic E-state index is 14.7. The number of nitrogens with zero attached hydrogens (tertiary/aromatic N) is 1. The van der Waals surface area contributed by atoms with Crippen molar-refractivity contribution >= 4 is 52.4 Å². The van der Waals surface area contributed by atoms with Gasteiger partial charge in [0.15, 0.2) is 11.6 Å². The molecule has 0 unspecified atom stereocenters. The molecule has 5 nitrogen and oxygen atoms in total. The highest BCUT2D eigenvalue weighted by atomic mass is 35.5. The number of hydrogen-bond acceptors (Lipinski definition) is 4. The summed E-state index contributed by atoms with van der Waals surface area (Å²) in [6, 6.07) is 27.2. The maximum absolute atomic E-state index is 14.7. The lowest BCUT2D eigenvalue weighted by atomic mass is 9.62. The normalized spacial score (nSPS) is 23.9. The van der Waals surface area contributed by atoms with Crippen LogP contribution in [0.4, 0.5) is 5.69 Å². The molecule has 1 saturated heterocycles. The van der Waals surface area contributed by atoms with Crippen LogP contribution in [0.25, 0.3) is 6.08 Å². The van der Waals surface area contributed by atoms with E-state index in [0.29, 0.717) is 21.8 Å². The fourth-order valence-corrected chi connectivity index (χ4v) is 7.30. The van der Waals surface area contributed by atoms with E-state index in [1.54, 1.807) is 36.4 Å². The molecule has 1 amide bonds. The van der Waals surface area contributed by atoms with Crippen LogP contribution in [0.5, 0.6) is 0 Å². The zero-order chi connectivity index (χ0) is 27.6. The summed E-state index contributed by atoms with van der Waals surface area (Å²) in [5.74, 6) is -1.99. The first-order valence-corrected chi connectivity index (χ1v) is 13.7. The molecule has 0 bridgehead atoms. The Hall–Kier alpha value is -4.19. The van der Waals surface area contributed by atoms with E-state index in [2.05, 4.69) is 5.32 Å². The predicted octanol–water partition coefficient (Wildman–Crippen LogP) is 6.98. The number of anilines is 1. The van der Waals surface area contributed by atoms with Crippen molar-refractivity contribution in [3.05, 3.63) is 141 Å². The van der Waals surface area contributed by atoms with Crippen LogP contribution in [0, 0.1) is 5.92 Å². The number of para-hydroxylation sites is 1. The molecular formula is C33H22Cl2N2O3. The number of benzene rings is 4. The van der Waals surface area contributed by atoms with Gasteiger partial charge in [-0.15, -0.1) is 0 Å². The third-order valence-corrected chi connectivity index (χ3v) is 8.92. The average Bonchev–Trinajstić information content (AvgIpc) is 3.45. The van der Waals surface area contributed by atoms with E-state index >= 15 is 0 Å². The predicted molar refractivity (Wildman–Crippen MR) is 156 cm³/mol. The van der Waals surface area contributed by atoms with Crippen LogP contribution in [0.2, 0.25) is 10.0 Å². The van der Waals surface area contributed by atoms with Gasteiger partial charge in [-0.05, 0) is 47.0 Å². The number of halogens is 2. The lowest BCUT2D eigenvalue weighted by Crippen LogP contribution is -2.49. The third-order valence-electron chi connectivity index (χ3n) is 8.38. The Labute approximate surface area is 241 Å². The summed E-state index contributed by atoms with van der Waals surface area (Å²) < 4.78 is 0. The summed E-state index contributed by atoms with van der Waals surface area (Å²) in [6.07, 6.45) is 3.77. The molecule has 3 aliphatic heterocycles. The monoisotopic (exact) mass is 564 g/mol. The zero-order valence-corrected chi connectivity index (χ0v) is 22.6. The van der Waals surface area contributed by atoms with Crippen LogP contribution in [0.3, 0.4) is 0 Å². The molecular weight excluding hydrogens is 543 g/mol. The number of rotatable bonds is 4. The molecule has 7 rings (SSSR count). The van der Waals surface area contributed by atoms with E-state index in [1.807, 2.05) is 71.8 Å². The molecule has 1 spiro atoms. The lowest BCUT2D eigenvalue weighted by molar-refractivity contribution is -0.122. The SMILES string of the molecule is O=C(c1ccc(Cl)cc1Cl)[C@H]1[C@H](C(=O)c2ccccc2)[C@@]2(C(=O)Nc3ccccc32)[C@H]2c3ccccc3C=CN12. The van der Waals surface area contributed by atoms with Crippen molar-refractivity contribution in [2.45, 2.75) is 17.5 Å². The van der Waals surface area contributed by atoms with Crippen LogP contribution in [0.15, 0.2) is 103 Å². The smallest absolute Gasteiger partial charge is 0.238 e. The zero-order valence-electron chi connectivity index (χ0n) is 21.1. The van der Waals surface area contributed by atoms with E-state index in [-0.39, 0.29) is 28.1 Å². The van der Waals surface area contributed by atoms with Crippen molar-refractivity contribution in [3.63, 3.8) is 0 Å². The van der Waals surface area contributed by atoms with E-state index in [1.165, 1.54) is 6.07 Å². The van der Waals surface area contributed by atoms with Gasteiger partial charge in [0, 0.05) is 28.0 Å². The molecule has 7 heteroatoms. The van der Waals surface area contributed by atoms with Crippen molar-refractivity contribution in [3.8, 4) is 0 Å². The van der Waals surface area contributed by atoms with Crippen molar-refractivity contribution in [2.24, 2.45) is 5.92 Å². The number of ketones is 2. The number of hydrogen-bond donors (Lipinski definition) is 1. The average molecular weight is 565 g/mol. The first kappa shape index (κ1) is 24.8. The fraction of sp³-hybridized carbons (Fsp3) is 0.121. The first-order valence-electron chi connectivity index (χ1n) is 13.0. The molecule has 0 radical (unpaired) electrons. The number of carbonyl (C=O) groups excluding carboxylic acids is 3. The first-order chi connectivity index (χ1) is 19.4. The minimum atomic E-state index is -1.39.